The zero-order valence-corrected chi connectivity index (χ0v) is 9.87. The molecule has 0 bridgehead atoms. The Balaban J connectivity index is 2.00. The summed E-state index contributed by atoms with van der Waals surface area (Å²) in [6.07, 6.45) is 4.69. The van der Waals surface area contributed by atoms with Gasteiger partial charge in [-0.05, 0) is 30.7 Å². The molecule has 17 heavy (non-hydrogen) atoms. The number of benzene rings is 1. The van der Waals surface area contributed by atoms with Crippen LogP contribution in [0.5, 0.6) is 0 Å². The molecule has 1 aromatic carbocycles. The summed E-state index contributed by atoms with van der Waals surface area (Å²) in [5, 5.41) is 4.86. The van der Waals surface area contributed by atoms with E-state index in [2.05, 4.69) is 16.4 Å². The van der Waals surface area contributed by atoms with E-state index in [1.54, 1.807) is 6.26 Å². The Morgan fingerprint density at radius 2 is 2.29 bits per heavy atom. The van der Waals surface area contributed by atoms with Crippen LogP contribution in [0.15, 0.2) is 39.9 Å². The monoisotopic (exact) mass is 246 g/mol. The summed E-state index contributed by atoms with van der Waals surface area (Å²) in [6, 6.07) is 7.57. The minimum atomic E-state index is 0.705. The van der Waals surface area contributed by atoms with Gasteiger partial charge in [-0.1, -0.05) is 17.7 Å². The summed E-state index contributed by atoms with van der Waals surface area (Å²) in [5.74, 6) is 0. The normalized spacial score (nSPS) is 13.5. The first-order chi connectivity index (χ1) is 8.33. The highest BCUT2D eigenvalue weighted by Gasteiger charge is 2.06. The fraction of sp³-hybridized carbons (Fsp3) is 0.154. The molecule has 0 atom stereocenters. The molecule has 4 heteroatoms. The summed E-state index contributed by atoms with van der Waals surface area (Å²) in [6.45, 7) is 0.816. The Bertz CT molecular complexity index is 660. The third-order valence-corrected chi connectivity index (χ3v) is 2.86. The van der Waals surface area contributed by atoms with Gasteiger partial charge in [0.25, 0.3) is 0 Å². The number of hydrogen-bond donors (Lipinski definition) is 1. The van der Waals surface area contributed by atoms with E-state index in [0.29, 0.717) is 5.02 Å². The Morgan fingerprint density at radius 3 is 3.18 bits per heavy atom. The van der Waals surface area contributed by atoms with Crippen molar-refractivity contribution in [2.45, 2.75) is 6.42 Å². The second-order valence-corrected chi connectivity index (χ2v) is 4.31. The van der Waals surface area contributed by atoms with Crippen LogP contribution in [-0.2, 0) is 0 Å². The van der Waals surface area contributed by atoms with Gasteiger partial charge in [-0.15, -0.1) is 0 Å². The zero-order valence-electron chi connectivity index (χ0n) is 9.11. The summed E-state index contributed by atoms with van der Waals surface area (Å²) < 4.78 is 5.44. The number of furan rings is 1. The van der Waals surface area contributed by atoms with Crippen LogP contribution >= 0.6 is 11.6 Å². The molecule has 0 aliphatic carbocycles. The van der Waals surface area contributed by atoms with Gasteiger partial charge in [0.1, 0.15) is 22.7 Å². The van der Waals surface area contributed by atoms with Crippen molar-refractivity contribution in [1.29, 1.82) is 0 Å². The largest absolute Gasteiger partial charge is 0.461 e. The van der Waals surface area contributed by atoms with Gasteiger partial charge < -0.3 is 9.73 Å². The second kappa shape index (κ2) is 4.26. The molecule has 0 saturated heterocycles. The molecule has 2 aromatic rings. The molecule has 1 aromatic heterocycles. The Morgan fingerprint density at radius 1 is 1.35 bits per heavy atom. The molecule has 0 spiro atoms. The van der Waals surface area contributed by atoms with Gasteiger partial charge in [-0.25, -0.2) is 0 Å². The van der Waals surface area contributed by atoms with E-state index < -0.39 is 0 Å². The number of hydrogen-bond acceptors (Lipinski definition) is 3. The van der Waals surface area contributed by atoms with Crippen LogP contribution in [0, 0.1) is 0 Å². The van der Waals surface area contributed by atoms with E-state index in [1.165, 1.54) is 0 Å². The maximum Gasteiger partial charge on any atom is 0.150 e. The van der Waals surface area contributed by atoms with Crippen LogP contribution in [0.2, 0.25) is 5.02 Å². The lowest BCUT2D eigenvalue weighted by Gasteiger charge is -2.03. The molecule has 0 radical (unpaired) electrons. The topological polar surface area (TPSA) is 37.5 Å². The Labute approximate surface area is 103 Å². The molecule has 86 valence electrons. The van der Waals surface area contributed by atoms with Gasteiger partial charge in [0.2, 0.25) is 0 Å². The van der Waals surface area contributed by atoms with Crippen LogP contribution in [0.25, 0.3) is 6.08 Å². The van der Waals surface area contributed by atoms with Crippen molar-refractivity contribution in [2.24, 2.45) is 4.99 Å². The van der Waals surface area contributed by atoms with Gasteiger partial charge in [-0.2, -0.15) is 0 Å². The van der Waals surface area contributed by atoms with Crippen molar-refractivity contribution < 1.29 is 4.42 Å². The molecular formula is C13H11ClN2O. The third-order valence-electron chi connectivity index (χ3n) is 2.62. The minimum absolute atomic E-state index is 0.705. The van der Waals surface area contributed by atoms with Crippen LogP contribution < -0.4 is 16.1 Å². The summed E-state index contributed by atoms with van der Waals surface area (Å²) in [5.41, 5.74) is 2.67. The molecule has 0 saturated carbocycles. The van der Waals surface area contributed by atoms with Gasteiger partial charge in [0, 0.05) is 17.3 Å². The Kier molecular flexibility index (Phi) is 2.61. The molecule has 1 aliphatic rings. The first-order valence-corrected chi connectivity index (χ1v) is 5.85. The van der Waals surface area contributed by atoms with Crippen LogP contribution in [0.3, 0.4) is 0 Å². The lowest BCUT2D eigenvalue weighted by Crippen LogP contribution is -2.25. The maximum absolute atomic E-state index is 5.94. The zero-order chi connectivity index (χ0) is 11.7. The summed E-state index contributed by atoms with van der Waals surface area (Å²) >= 11 is 5.94. The lowest BCUT2D eigenvalue weighted by atomic mass is 10.3. The fourth-order valence-electron chi connectivity index (χ4n) is 1.86. The molecule has 0 fully saturated rings. The highest BCUT2D eigenvalue weighted by Crippen LogP contribution is 2.17. The predicted molar refractivity (Wildman–Crippen MR) is 68.2 cm³/mol. The van der Waals surface area contributed by atoms with Crippen LogP contribution in [-0.4, -0.2) is 6.54 Å². The van der Waals surface area contributed by atoms with Crippen molar-refractivity contribution in [1.82, 2.24) is 0 Å². The third kappa shape index (κ3) is 2.06. The molecule has 1 aliphatic heterocycles. The van der Waals surface area contributed by atoms with Gasteiger partial charge in [0.05, 0.1) is 0 Å². The fourth-order valence-corrected chi connectivity index (χ4v) is 2.05. The van der Waals surface area contributed by atoms with Gasteiger partial charge >= 0.3 is 0 Å². The average molecular weight is 247 g/mol. The van der Waals surface area contributed by atoms with E-state index in [-0.39, 0.29) is 0 Å². The maximum atomic E-state index is 5.94. The minimum Gasteiger partial charge on any atom is -0.461 e. The Hall–Kier alpha value is -1.74. The van der Waals surface area contributed by atoms with E-state index in [9.17, 15) is 0 Å². The molecule has 1 N–H and O–H groups in total. The average Bonchev–Trinajstić information content (AvgIpc) is 2.73. The number of anilines is 2. The molecule has 3 rings (SSSR count). The van der Waals surface area contributed by atoms with Crippen molar-refractivity contribution in [3.05, 3.63) is 46.3 Å². The molecule has 0 amide bonds. The van der Waals surface area contributed by atoms with Crippen molar-refractivity contribution in [3.63, 3.8) is 0 Å². The number of nitrogens with zero attached hydrogens (tertiary/aromatic N) is 1. The lowest BCUT2D eigenvalue weighted by molar-refractivity contribution is 0.525. The van der Waals surface area contributed by atoms with Crippen LogP contribution in [0.4, 0.5) is 11.4 Å². The van der Waals surface area contributed by atoms with Crippen molar-refractivity contribution in [2.75, 3.05) is 11.9 Å². The highest BCUT2D eigenvalue weighted by atomic mass is 35.5. The van der Waals surface area contributed by atoms with E-state index in [0.717, 1.165) is 35.1 Å². The number of nitrogens with one attached hydrogen (secondary N) is 1. The molecule has 0 unspecified atom stereocenters. The van der Waals surface area contributed by atoms with Gasteiger partial charge in [0.15, 0.2) is 0 Å². The van der Waals surface area contributed by atoms with E-state index in [1.807, 2.05) is 24.3 Å². The standard InChI is InChI=1S/C13H11ClN2O/c14-9-3-1-4-10(7-9)16-11-8-17-12-5-2-6-15-13(11)12/h1,3-5,7-8,16H,2,6H2. The predicted octanol–water partition coefficient (Wildman–Crippen LogP) is 2.48. The quantitative estimate of drug-likeness (QED) is 0.884. The van der Waals surface area contributed by atoms with E-state index in [4.69, 9.17) is 16.0 Å². The highest BCUT2D eigenvalue weighted by molar-refractivity contribution is 6.30. The van der Waals surface area contributed by atoms with Gasteiger partial charge in [-0.3, -0.25) is 4.99 Å². The smallest absolute Gasteiger partial charge is 0.150 e. The van der Waals surface area contributed by atoms with Crippen LogP contribution in [0.1, 0.15) is 6.42 Å². The molecular weight excluding hydrogens is 236 g/mol. The van der Waals surface area contributed by atoms with Crippen molar-refractivity contribution >= 4 is 29.1 Å². The summed E-state index contributed by atoms with van der Waals surface area (Å²) in [4.78, 5) is 4.45. The van der Waals surface area contributed by atoms with E-state index >= 15 is 0 Å². The first-order valence-electron chi connectivity index (χ1n) is 5.48. The number of rotatable bonds is 2. The molecule has 2 heterocycles. The first kappa shape index (κ1) is 10.4. The SMILES string of the molecule is Clc1cccc(Nc2coc3c2=NCCC=3)c1. The van der Waals surface area contributed by atoms with Crippen molar-refractivity contribution in [3.8, 4) is 0 Å². The summed E-state index contributed by atoms with van der Waals surface area (Å²) in [7, 11) is 0. The second-order valence-electron chi connectivity index (χ2n) is 3.87. The molecule has 3 nitrogen and oxygen atoms in total. The number of halogens is 1. The number of fused-ring (bicyclic) bond motifs is 1.